The number of fused-ring (bicyclic) bond motifs is 1. The first-order chi connectivity index (χ1) is 9.20. The van der Waals surface area contributed by atoms with E-state index < -0.39 is 0 Å². The average Bonchev–Trinajstić information content (AvgIpc) is 2.84. The zero-order valence-corrected chi connectivity index (χ0v) is 9.78. The second kappa shape index (κ2) is 4.94. The zero-order chi connectivity index (χ0) is 13.4. The maximum Gasteiger partial charge on any atom is 0.177 e. The second-order valence-electron chi connectivity index (χ2n) is 4.11. The van der Waals surface area contributed by atoms with E-state index >= 15 is 0 Å². The van der Waals surface area contributed by atoms with Gasteiger partial charge in [0.1, 0.15) is 11.8 Å². The van der Waals surface area contributed by atoms with E-state index in [1.54, 1.807) is 24.3 Å². The molecule has 0 aromatic heterocycles. The van der Waals surface area contributed by atoms with Gasteiger partial charge >= 0.3 is 0 Å². The van der Waals surface area contributed by atoms with Crippen molar-refractivity contribution >= 4 is 0 Å². The lowest BCUT2D eigenvalue weighted by Crippen LogP contribution is -2.00. The number of hydrogen-bond donors (Lipinski definition) is 2. The number of hydrogen-bond acceptors (Lipinski definition) is 4. The van der Waals surface area contributed by atoms with Crippen LogP contribution >= 0.6 is 0 Å². The monoisotopic (exact) mass is 267 g/mol. The molecule has 0 radical (unpaired) electrons. The van der Waals surface area contributed by atoms with Crippen molar-refractivity contribution in [1.29, 1.82) is 5.26 Å². The standard InChI is InChI=1S/C14H9N3O2.CH4/c15-7-10-8-16-14-13(10)12(4-5-17(14)19)9-2-1-3-11(18)6-9;/h1-6,8,18-19H;1H4. The van der Waals surface area contributed by atoms with Crippen LogP contribution in [0.3, 0.4) is 0 Å². The van der Waals surface area contributed by atoms with Crippen LogP contribution < -0.4 is 0 Å². The third-order valence-electron chi connectivity index (χ3n) is 2.96. The Morgan fingerprint density at radius 1 is 1.25 bits per heavy atom. The summed E-state index contributed by atoms with van der Waals surface area (Å²) in [5.74, 6) is 0.460. The molecule has 0 unspecified atom stereocenters. The van der Waals surface area contributed by atoms with Gasteiger partial charge in [0.2, 0.25) is 0 Å². The summed E-state index contributed by atoms with van der Waals surface area (Å²) in [6.45, 7) is 0. The fraction of sp³-hybridized carbons (Fsp3) is 0.0667. The van der Waals surface area contributed by atoms with E-state index in [1.807, 2.05) is 6.07 Å². The van der Waals surface area contributed by atoms with E-state index in [0.29, 0.717) is 17.0 Å². The molecule has 0 bridgehead atoms. The van der Waals surface area contributed by atoms with E-state index in [9.17, 15) is 10.3 Å². The Bertz CT molecular complexity index is 771. The number of benzene rings is 1. The molecule has 0 aliphatic carbocycles. The maximum absolute atomic E-state index is 9.70. The van der Waals surface area contributed by atoms with Gasteiger partial charge in [0.15, 0.2) is 5.82 Å². The predicted molar refractivity (Wildman–Crippen MR) is 74.6 cm³/mol. The first-order valence-electron chi connectivity index (χ1n) is 5.59. The fourth-order valence-electron chi connectivity index (χ4n) is 2.11. The molecule has 2 heterocycles. The minimum absolute atomic E-state index is 0. The van der Waals surface area contributed by atoms with Crippen LogP contribution in [-0.4, -0.2) is 20.0 Å². The highest BCUT2D eigenvalue weighted by Gasteiger charge is 2.20. The van der Waals surface area contributed by atoms with Gasteiger partial charge in [-0.2, -0.15) is 9.99 Å². The number of phenolic OH excluding ortho intramolecular Hbond substituents is 1. The van der Waals surface area contributed by atoms with Crippen molar-refractivity contribution in [2.75, 3.05) is 0 Å². The molecule has 0 amide bonds. The lowest BCUT2D eigenvalue weighted by molar-refractivity contribution is 0.187. The van der Waals surface area contributed by atoms with Gasteiger partial charge < -0.3 is 10.3 Å². The largest absolute Gasteiger partial charge is 0.508 e. The summed E-state index contributed by atoms with van der Waals surface area (Å²) in [6, 6.07) is 10.5. The van der Waals surface area contributed by atoms with Gasteiger partial charge in [-0.3, -0.25) is 0 Å². The van der Waals surface area contributed by atoms with Gasteiger partial charge in [0, 0.05) is 18.0 Å². The molecule has 2 aliphatic heterocycles. The molecule has 5 nitrogen and oxygen atoms in total. The maximum atomic E-state index is 9.70. The Labute approximate surface area is 116 Å². The van der Waals surface area contributed by atoms with Crippen LogP contribution in [0.1, 0.15) is 13.0 Å². The topological polar surface area (TPSA) is 82.1 Å². The van der Waals surface area contributed by atoms with Crippen LogP contribution in [0.15, 0.2) is 42.7 Å². The van der Waals surface area contributed by atoms with Gasteiger partial charge in [-0.25, -0.2) is 4.98 Å². The third kappa shape index (κ3) is 1.93. The van der Waals surface area contributed by atoms with Crippen LogP contribution in [0.25, 0.3) is 22.5 Å². The van der Waals surface area contributed by atoms with E-state index in [-0.39, 0.29) is 13.2 Å². The van der Waals surface area contributed by atoms with Crippen molar-refractivity contribution in [3.05, 3.63) is 48.3 Å². The van der Waals surface area contributed by atoms with Crippen molar-refractivity contribution in [1.82, 2.24) is 9.71 Å². The Hall–Kier alpha value is -3.00. The summed E-state index contributed by atoms with van der Waals surface area (Å²) >= 11 is 0. The molecule has 1 aromatic rings. The summed E-state index contributed by atoms with van der Waals surface area (Å²) in [5, 5.41) is 28.4. The summed E-state index contributed by atoms with van der Waals surface area (Å²) in [7, 11) is 0. The third-order valence-corrected chi connectivity index (χ3v) is 2.96. The SMILES string of the molecule is C.N#Cc1cnc2n(O)ccc(-c3cccc(O)c3)c1-2. The van der Waals surface area contributed by atoms with Crippen molar-refractivity contribution < 1.29 is 10.3 Å². The molecular formula is C15H13N3O2. The number of rotatable bonds is 1. The molecule has 0 saturated heterocycles. The van der Waals surface area contributed by atoms with Crippen LogP contribution in [0.5, 0.6) is 5.75 Å². The van der Waals surface area contributed by atoms with E-state index in [4.69, 9.17) is 5.26 Å². The number of nitrogens with zero attached hydrogens (tertiary/aromatic N) is 3. The molecule has 3 rings (SSSR count). The molecule has 0 fully saturated rings. The molecule has 100 valence electrons. The van der Waals surface area contributed by atoms with Crippen molar-refractivity contribution in [2.45, 2.75) is 7.43 Å². The second-order valence-corrected chi connectivity index (χ2v) is 4.11. The molecule has 5 heteroatoms. The first-order valence-corrected chi connectivity index (χ1v) is 5.59. The van der Waals surface area contributed by atoms with Crippen LogP contribution in [0.4, 0.5) is 0 Å². The number of aromatic nitrogens is 2. The Balaban J connectivity index is 0.00000147. The Morgan fingerprint density at radius 3 is 2.75 bits per heavy atom. The van der Waals surface area contributed by atoms with E-state index in [0.717, 1.165) is 15.9 Å². The number of pyridine rings is 1. The zero-order valence-electron chi connectivity index (χ0n) is 9.78. The van der Waals surface area contributed by atoms with E-state index in [2.05, 4.69) is 11.1 Å². The summed E-state index contributed by atoms with van der Waals surface area (Å²) in [6.07, 6.45) is 2.87. The lowest BCUT2D eigenvalue weighted by atomic mass is 9.98. The number of phenols is 1. The normalized spacial score (nSPS) is 9.95. The highest BCUT2D eigenvalue weighted by molar-refractivity contribution is 5.85. The summed E-state index contributed by atoms with van der Waals surface area (Å²) in [4.78, 5) is 4.03. The minimum Gasteiger partial charge on any atom is -0.508 e. The highest BCUT2D eigenvalue weighted by Crippen LogP contribution is 2.36. The number of aromatic hydroxyl groups is 1. The summed E-state index contributed by atoms with van der Waals surface area (Å²) < 4.78 is 0.877. The van der Waals surface area contributed by atoms with Gasteiger partial charge in [-0.15, -0.1) is 0 Å². The quantitative estimate of drug-likeness (QED) is 0.664. The highest BCUT2D eigenvalue weighted by atomic mass is 16.5. The van der Waals surface area contributed by atoms with Gasteiger partial charge in [-0.1, -0.05) is 19.6 Å². The molecule has 0 saturated carbocycles. The molecular weight excluding hydrogens is 254 g/mol. The molecule has 2 N–H and O–H groups in total. The smallest absolute Gasteiger partial charge is 0.177 e. The van der Waals surface area contributed by atoms with Crippen molar-refractivity contribution in [3.8, 4) is 34.3 Å². The van der Waals surface area contributed by atoms with Crippen molar-refractivity contribution in [3.63, 3.8) is 0 Å². The molecule has 0 spiro atoms. The molecule has 2 aliphatic rings. The fourth-order valence-corrected chi connectivity index (χ4v) is 2.11. The molecule has 0 atom stereocenters. The van der Waals surface area contributed by atoms with Crippen molar-refractivity contribution in [2.24, 2.45) is 0 Å². The van der Waals surface area contributed by atoms with Gasteiger partial charge in [0.25, 0.3) is 0 Å². The number of nitriles is 1. The molecule has 1 aromatic carbocycles. The average molecular weight is 267 g/mol. The molecule has 20 heavy (non-hydrogen) atoms. The van der Waals surface area contributed by atoms with Gasteiger partial charge in [-0.05, 0) is 29.3 Å². The van der Waals surface area contributed by atoms with E-state index in [1.165, 1.54) is 12.4 Å². The predicted octanol–water partition coefficient (Wildman–Crippen LogP) is 3.11. The lowest BCUT2D eigenvalue weighted by Gasteiger charge is -2.11. The summed E-state index contributed by atoms with van der Waals surface area (Å²) in [5.41, 5.74) is 2.45. The minimum atomic E-state index is 0. The van der Waals surface area contributed by atoms with Gasteiger partial charge in [0.05, 0.1) is 5.56 Å². The first kappa shape index (κ1) is 13.4. The van der Waals surface area contributed by atoms with Crippen LogP contribution in [0, 0.1) is 11.3 Å². The Kier molecular flexibility index (Phi) is 3.32. The Morgan fingerprint density at radius 2 is 2.05 bits per heavy atom. The van der Waals surface area contributed by atoms with Crippen LogP contribution in [-0.2, 0) is 0 Å². The van der Waals surface area contributed by atoms with Crippen LogP contribution in [0.2, 0.25) is 0 Å².